The largest absolute Gasteiger partial charge is 0.277 e. The summed E-state index contributed by atoms with van der Waals surface area (Å²) in [7, 11) is 1.45. The Hall–Kier alpha value is -1.06. The number of carbonyl (C=O) groups is 1. The number of rotatable bonds is 4. The van der Waals surface area contributed by atoms with Crippen LogP contribution in [0.15, 0.2) is 24.3 Å². The van der Waals surface area contributed by atoms with Gasteiger partial charge < -0.3 is 0 Å². The Morgan fingerprint density at radius 2 is 2.06 bits per heavy atom. The second-order valence-corrected chi connectivity index (χ2v) is 4.47. The third-order valence-corrected chi connectivity index (χ3v) is 3.06. The van der Waals surface area contributed by atoms with Gasteiger partial charge in [-0.05, 0) is 36.5 Å². The molecule has 1 atom stereocenters. The summed E-state index contributed by atoms with van der Waals surface area (Å²) in [6, 6.07) is 7.43. The molecule has 2 rings (SSSR count). The molecule has 1 saturated carbocycles. The molecule has 1 aliphatic rings. The fourth-order valence-electron chi connectivity index (χ4n) is 1.90. The van der Waals surface area contributed by atoms with Gasteiger partial charge in [0.25, 0.3) is 5.91 Å². The van der Waals surface area contributed by atoms with Crippen LogP contribution in [0.1, 0.15) is 24.3 Å². The maximum absolute atomic E-state index is 11.8. The van der Waals surface area contributed by atoms with Crippen molar-refractivity contribution in [1.29, 1.82) is 0 Å². The van der Waals surface area contributed by atoms with Gasteiger partial charge in [0.1, 0.15) is 0 Å². The molecule has 0 aliphatic heterocycles. The number of nitrogens with one attached hydrogen (secondary N) is 1. The van der Waals surface area contributed by atoms with Crippen LogP contribution in [0.4, 0.5) is 0 Å². The van der Waals surface area contributed by atoms with E-state index in [1.165, 1.54) is 7.11 Å². The Morgan fingerprint density at radius 3 is 2.56 bits per heavy atom. The third-order valence-electron chi connectivity index (χ3n) is 2.81. The summed E-state index contributed by atoms with van der Waals surface area (Å²) in [5, 5.41) is 0.686. The van der Waals surface area contributed by atoms with Crippen molar-refractivity contribution in [2.24, 2.45) is 5.92 Å². The van der Waals surface area contributed by atoms with Crippen LogP contribution < -0.4 is 5.48 Å². The SMILES string of the molecule is CONC(=O)C(c1ccc(Cl)cc1)C1CC1. The van der Waals surface area contributed by atoms with Gasteiger partial charge in [0.2, 0.25) is 0 Å². The predicted molar refractivity (Wildman–Crippen MR) is 62.1 cm³/mol. The van der Waals surface area contributed by atoms with Gasteiger partial charge in [-0.3, -0.25) is 9.63 Å². The molecule has 0 spiro atoms. The molecule has 1 N–H and O–H groups in total. The molecule has 86 valence electrons. The van der Waals surface area contributed by atoms with Gasteiger partial charge in [-0.25, -0.2) is 5.48 Å². The van der Waals surface area contributed by atoms with E-state index in [2.05, 4.69) is 10.3 Å². The van der Waals surface area contributed by atoms with Crippen LogP contribution in [0.5, 0.6) is 0 Å². The third kappa shape index (κ3) is 2.54. The van der Waals surface area contributed by atoms with E-state index in [9.17, 15) is 4.79 Å². The van der Waals surface area contributed by atoms with Crippen molar-refractivity contribution in [3.05, 3.63) is 34.9 Å². The summed E-state index contributed by atoms with van der Waals surface area (Å²) in [5.41, 5.74) is 3.41. The molecule has 16 heavy (non-hydrogen) atoms. The molecule has 0 aromatic heterocycles. The quantitative estimate of drug-likeness (QED) is 0.820. The lowest BCUT2D eigenvalue weighted by Gasteiger charge is -2.15. The molecule has 1 fully saturated rings. The highest BCUT2D eigenvalue weighted by Crippen LogP contribution is 2.42. The Bertz CT molecular complexity index is 373. The zero-order chi connectivity index (χ0) is 11.5. The van der Waals surface area contributed by atoms with Crippen LogP contribution in [0, 0.1) is 5.92 Å². The molecule has 0 radical (unpaired) electrons. The van der Waals surface area contributed by atoms with E-state index in [0.29, 0.717) is 10.9 Å². The summed E-state index contributed by atoms with van der Waals surface area (Å²) in [4.78, 5) is 16.5. The average Bonchev–Trinajstić information content (AvgIpc) is 3.06. The number of hydroxylamine groups is 1. The number of halogens is 1. The molecular formula is C12H14ClNO2. The summed E-state index contributed by atoms with van der Waals surface area (Å²) in [5.74, 6) is 0.251. The highest BCUT2D eigenvalue weighted by atomic mass is 35.5. The predicted octanol–water partition coefficient (Wildman–Crippen LogP) is 2.51. The minimum Gasteiger partial charge on any atom is -0.277 e. The summed E-state index contributed by atoms with van der Waals surface area (Å²) in [6.45, 7) is 0. The van der Waals surface area contributed by atoms with Crippen LogP contribution in [0.25, 0.3) is 0 Å². The fourth-order valence-corrected chi connectivity index (χ4v) is 2.03. The van der Waals surface area contributed by atoms with Gasteiger partial charge in [0.05, 0.1) is 13.0 Å². The van der Waals surface area contributed by atoms with E-state index >= 15 is 0 Å². The van der Waals surface area contributed by atoms with Crippen molar-refractivity contribution < 1.29 is 9.63 Å². The van der Waals surface area contributed by atoms with Gasteiger partial charge in [0.15, 0.2) is 0 Å². The standard InChI is InChI=1S/C12H14ClNO2/c1-16-14-12(15)11(8-2-3-8)9-4-6-10(13)7-5-9/h4-8,11H,2-3H2,1H3,(H,14,15). The Labute approximate surface area is 99.7 Å². The molecule has 1 unspecified atom stereocenters. The highest BCUT2D eigenvalue weighted by Gasteiger charge is 2.37. The number of carbonyl (C=O) groups excluding carboxylic acids is 1. The van der Waals surface area contributed by atoms with Gasteiger partial charge in [-0.2, -0.15) is 0 Å². The maximum atomic E-state index is 11.8. The van der Waals surface area contributed by atoms with Crippen LogP contribution in [0.3, 0.4) is 0 Å². The first-order valence-corrected chi connectivity index (χ1v) is 5.68. The summed E-state index contributed by atoms with van der Waals surface area (Å²) >= 11 is 5.83. The highest BCUT2D eigenvalue weighted by molar-refractivity contribution is 6.30. The minimum absolute atomic E-state index is 0.0766. The summed E-state index contributed by atoms with van der Waals surface area (Å²) < 4.78 is 0. The van der Waals surface area contributed by atoms with E-state index in [1.54, 1.807) is 0 Å². The zero-order valence-electron chi connectivity index (χ0n) is 9.07. The van der Waals surface area contributed by atoms with E-state index in [4.69, 9.17) is 11.6 Å². The second-order valence-electron chi connectivity index (χ2n) is 4.04. The van der Waals surface area contributed by atoms with Crippen molar-refractivity contribution in [1.82, 2.24) is 5.48 Å². The van der Waals surface area contributed by atoms with E-state index in [-0.39, 0.29) is 11.8 Å². The molecule has 1 aliphatic carbocycles. The first-order valence-electron chi connectivity index (χ1n) is 5.30. The molecule has 1 aromatic carbocycles. The lowest BCUT2D eigenvalue weighted by atomic mass is 9.94. The molecule has 0 saturated heterocycles. The van der Waals surface area contributed by atoms with E-state index in [0.717, 1.165) is 18.4 Å². The van der Waals surface area contributed by atoms with E-state index in [1.807, 2.05) is 24.3 Å². The van der Waals surface area contributed by atoms with Crippen LogP contribution >= 0.6 is 11.6 Å². The molecule has 1 amide bonds. The summed E-state index contributed by atoms with van der Waals surface area (Å²) in [6.07, 6.45) is 2.20. The van der Waals surface area contributed by atoms with Crippen molar-refractivity contribution in [2.75, 3.05) is 7.11 Å². The first-order chi connectivity index (χ1) is 7.72. The monoisotopic (exact) mass is 239 g/mol. The number of amides is 1. The van der Waals surface area contributed by atoms with Crippen molar-refractivity contribution in [3.63, 3.8) is 0 Å². The average molecular weight is 240 g/mol. The van der Waals surface area contributed by atoms with Crippen molar-refractivity contribution in [3.8, 4) is 0 Å². The van der Waals surface area contributed by atoms with Gasteiger partial charge in [0, 0.05) is 5.02 Å². The van der Waals surface area contributed by atoms with Gasteiger partial charge in [-0.1, -0.05) is 23.7 Å². The topological polar surface area (TPSA) is 38.3 Å². The maximum Gasteiger partial charge on any atom is 0.251 e. The van der Waals surface area contributed by atoms with Crippen LogP contribution in [-0.2, 0) is 9.63 Å². The van der Waals surface area contributed by atoms with Crippen molar-refractivity contribution >= 4 is 17.5 Å². The van der Waals surface area contributed by atoms with Gasteiger partial charge >= 0.3 is 0 Å². The fraction of sp³-hybridized carbons (Fsp3) is 0.417. The molecule has 0 heterocycles. The molecule has 0 bridgehead atoms. The molecular weight excluding hydrogens is 226 g/mol. The van der Waals surface area contributed by atoms with Crippen LogP contribution in [0.2, 0.25) is 5.02 Å². The Kier molecular flexibility index (Phi) is 3.46. The molecule has 1 aromatic rings. The van der Waals surface area contributed by atoms with Crippen LogP contribution in [-0.4, -0.2) is 13.0 Å². The van der Waals surface area contributed by atoms with E-state index < -0.39 is 0 Å². The Balaban J connectivity index is 2.18. The number of benzene rings is 1. The number of hydrogen-bond acceptors (Lipinski definition) is 2. The normalized spacial score (nSPS) is 16.9. The van der Waals surface area contributed by atoms with Crippen molar-refractivity contribution in [2.45, 2.75) is 18.8 Å². The first kappa shape index (κ1) is 11.4. The minimum atomic E-state index is -0.114. The molecule has 3 nitrogen and oxygen atoms in total. The lowest BCUT2D eigenvalue weighted by Crippen LogP contribution is -2.29. The molecule has 4 heteroatoms. The second kappa shape index (κ2) is 4.85. The Morgan fingerprint density at radius 1 is 1.44 bits per heavy atom. The lowest BCUT2D eigenvalue weighted by molar-refractivity contribution is -0.133. The zero-order valence-corrected chi connectivity index (χ0v) is 9.83. The number of hydrogen-bond donors (Lipinski definition) is 1. The van der Waals surface area contributed by atoms with Gasteiger partial charge in [-0.15, -0.1) is 0 Å². The smallest absolute Gasteiger partial charge is 0.251 e.